The van der Waals surface area contributed by atoms with Crippen molar-refractivity contribution >= 4 is 29.3 Å². The molecule has 0 spiro atoms. The summed E-state index contributed by atoms with van der Waals surface area (Å²) >= 11 is 5.90. The lowest BCUT2D eigenvalue weighted by atomic mass is 10.1. The van der Waals surface area contributed by atoms with E-state index in [1.54, 1.807) is 18.2 Å². The van der Waals surface area contributed by atoms with Gasteiger partial charge in [0.1, 0.15) is 0 Å². The van der Waals surface area contributed by atoms with E-state index in [1.165, 1.54) is 0 Å². The zero-order valence-electron chi connectivity index (χ0n) is 12.0. The number of allylic oxidation sites excluding steroid dienone is 1. The van der Waals surface area contributed by atoms with Crippen LogP contribution < -0.4 is 5.32 Å². The first-order chi connectivity index (χ1) is 10.2. The first kappa shape index (κ1) is 15.3. The van der Waals surface area contributed by atoms with Crippen LogP contribution in [0.4, 0.5) is 5.69 Å². The van der Waals surface area contributed by atoms with E-state index in [0.717, 1.165) is 18.4 Å². The van der Waals surface area contributed by atoms with Gasteiger partial charge in [-0.1, -0.05) is 55.3 Å². The highest BCUT2D eigenvalue weighted by molar-refractivity contribution is 6.30. The van der Waals surface area contributed by atoms with Gasteiger partial charge in [-0.2, -0.15) is 0 Å². The van der Waals surface area contributed by atoms with Crippen molar-refractivity contribution in [1.29, 1.82) is 0 Å². The van der Waals surface area contributed by atoms with Crippen molar-refractivity contribution in [2.45, 2.75) is 19.8 Å². The third-order valence-electron chi connectivity index (χ3n) is 3.02. The van der Waals surface area contributed by atoms with Crippen molar-refractivity contribution in [3.8, 4) is 0 Å². The summed E-state index contributed by atoms with van der Waals surface area (Å²) in [6, 6.07) is 14.6. The SMILES string of the molecule is CCC/C=C/c1ccc(C(=O)Nc2cccc(Cl)c2)cc1. The van der Waals surface area contributed by atoms with Crippen LogP contribution in [-0.4, -0.2) is 5.91 Å². The summed E-state index contributed by atoms with van der Waals surface area (Å²) < 4.78 is 0. The van der Waals surface area contributed by atoms with Crippen LogP contribution in [0.1, 0.15) is 35.7 Å². The first-order valence-corrected chi connectivity index (χ1v) is 7.40. The maximum Gasteiger partial charge on any atom is 0.255 e. The highest BCUT2D eigenvalue weighted by Crippen LogP contribution is 2.16. The number of carbonyl (C=O) groups is 1. The molecule has 3 heteroatoms. The second-order valence-electron chi connectivity index (χ2n) is 4.78. The van der Waals surface area contributed by atoms with Gasteiger partial charge in [-0.3, -0.25) is 4.79 Å². The molecule has 2 aromatic rings. The van der Waals surface area contributed by atoms with Gasteiger partial charge >= 0.3 is 0 Å². The molecule has 0 aliphatic carbocycles. The Hall–Kier alpha value is -2.06. The number of hydrogen-bond acceptors (Lipinski definition) is 1. The van der Waals surface area contributed by atoms with Crippen LogP contribution in [0, 0.1) is 0 Å². The van der Waals surface area contributed by atoms with Gasteiger partial charge in [0, 0.05) is 16.3 Å². The Labute approximate surface area is 130 Å². The predicted molar refractivity (Wildman–Crippen MR) is 89.8 cm³/mol. The van der Waals surface area contributed by atoms with Gasteiger partial charge < -0.3 is 5.32 Å². The molecule has 0 fully saturated rings. The molecule has 0 saturated heterocycles. The number of amides is 1. The van der Waals surface area contributed by atoms with Crippen LogP contribution in [0.25, 0.3) is 6.08 Å². The minimum atomic E-state index is -0.138. The number of nitrogens with one attached hydrogen (secondary N) is 1. The van der Waals surface area contributed by atoms with Crippen LogP contribution in [0.5, 0.6) is 0 Å². The van der Waals surface area contributed by atoms with Gasteiger partial charge in [0.2, 0.25) is 0 Å². The quantitative estimate of drug-likeness (QED) is 0.786. The smallest absolute Gasteiger partial charge is 0.255 e. The summed E-state index contributed by atoms with van der Waals surface area (Å²) in [6.07, 6.45) is 6.41. The third kappa shape index (κ3) is 4.76. The van der Waals surface area contributed by atoms with Gasteiger partial charge in [0.25, 0.3) is 5.91 Å². The van der Waals surface area contributed by atoms with Crippen molar-refractivity contribution in [3.05, 3.63) is 70.8 Å². The predicted octanol–water partition coefficient (Wildman–Crippen LogP) is 5.41. The Morgan fingerprint density at radius 2 is 1.95 bits per heavy atom. The van der Waals surface area contributed by atoms with Crippen molar-refractivity contribution in [2.75, 3.05) is 5.32 Å². The molecule has 2 aromatic carbocycles. The zero-order chi connectivity index (χ0) is 15.1. The van der Waals surface area contributed by atoms with Crippen molar-refractivity contribution in [3.63, 3.8) is 0 Å². The van der Waals surface area contributed by atoms with Crippen LogP contribution in [0.15, 0.2) is 54.6 Å². The van der Waals surface area contributed by atoms with E-state index in [-0.39, 0.29) is 5.91 Å². The number of anilines is 1. The van der Waals surface area contributed by atoms with Crippen LogP contribution in [0.2, 0.25) is 5.02 Å². The summed E-state index contributed by atoms with van der Waals surface area (Å²) in [5.41, 5.74) is 2.42. The summed E-state index contributed by atoms with van der Waals surface area (Å²) in [6.45, 7) is 2.15. The Kier molecular flexibility index (Phi) is 5.59. The van der Waals surface area contributed by atoms with Gasteiger partial charge in [-0.05, 0) is 42.3 Å². The second kappa shape index (κ2) is 7.65. The molecule has 0 unspecified atom stereocenters. The zero-order valence-corrected chi connectivity index (χ0v) is 12.7. The monoisotopic (exact) mass is 299 g/mol. The lowest BCUT2D eigenvalue weighted by Gasteiger charge is -2.06. The lowest BCUT2D eigenvalue weighted by molar-refractivity contribution is 0.102. The number of rotatable bonds is 5. The van der Waals surface area contributed by atoms with Crippen molar-refractivity contribution in [1.82, 2.24) is 0 Å². The molecule has 0 saturated carbocycles. The molecular weight excluding hydrogens is 282 g/mol. The molecule has 2 nitrogen and oxygen atoms in total. The highest BCUT2D eigenvalue weighted by Gasteiger charge is 2.05. The summed E-state index contributed by atoms with van der Waals surface area (Å²) in [5.74, 6) is -0.138. The first-order valence-electron chi connectivity index (χ1n) is 7.02. The van der Waals surface area contributed by atoms with Gasteiger partial charge in [0.15, 0.2) is 0 Å². The fourth-order valence-electron chi connectivity index (χ4n) is 1.90. The van der Waals surface area contributed by atoms with Crippen LogP contribution in [-0.2, 0) is 0 Å². The molecule has 0 aliphatic rings. The number of unbranched alkanes of at least 4 members (excludes halogenated alkanes) is 1. The molecule has 0 aliphatic heterocycles. The molecule has 2 rings (SSSR count). The fraction of sp³-hybridized carbons (Fsp3) is 0.167. The standard InChI is InChI=1S/C18H18ClNO/c1-2-3-4-6-14-9-11-15(12-10-14)18(21)20-17-8-5-7-16(19)13-17/h4-13H,2-3H2,1H3,(H,20,21)/b6-4+. The van der Waals surface area contributed by atoms with Gasteiger partial charge in [0.05, 0.1) is 0 Å². The topological polar surface area (TPSA) is 29.1 Å². The van der Waals surface area contributed by atoms with Crippen molar-refractivity contribution < 1.29 is 4.79 Å². The van der Waals surface area contributed by atoms with E-state index in [1.807, 2.05) is 30.3 Å². The second-order valence-corrected chi connectivity index (χ2v) is 5.21. The van der Waals surface area contributed by atoms with Crippen LogP contribution in [0.3, 0.4) is 0 Å². The normalized spacial score (nSPS) is 10.8. The number of benzene rings is 2. The third-order valence-corrected chi connectivity index (χ3v) is 3.26. The van der Waals surface area contributed by atoms with E-state index in [9.17, 15) is 4.79 Å². The average molecular weight is 300 g/mol. The molecule has 21 heavy (non-hydrogen) atoms. The number of hydrogen-bond donors (Lipinski definition) is 1. The Balaban J connectivity index is 2.03. The van der Waals surface area contributed by atoms with Crippen molar-refractivity contribution in [2.24, 2.45) is 0 Å². The summed E-state index contributed by atoms with van der Waals surface area (Å²) in [5, 5.41) is 3.43. The number of halogens is 1. The Bertz CT molecular complexity index is 632. The molecule has 1 amide bonds. The minimum Gasteiger partial charge on any atom is -0.322 e. The van der Waals surface area contributed by atoms with E-state index in [0.29, 0.717) is 16.3 Å². The largest absolute Gasteiger partial charge is 0.322 e. The van der Waals surface area contributed by atoms with E-state index in [2.05, 4.69) is 24.4 Å². The van der Waals surface area contributed by atoms with E-state index in [4.69, 9.17) is 11.6 Å². The molecule has 0 atom stereocenters. The van der Waals surface area contributed by atoms with Crippen LogP contribution >= 0.6 is 11.6 Å². The summed E-state index contributed by atoms with van der Waals surface area (Å²) in [4.78, 5) is 12.1. The van der Waals surface area contributed by atoms with Gasteiger partial charge in [-0.15, -0.1) is 0 Å². The fourth-order valence-corrected chi connectivity index (χ4v) is 2.09. The molecule has 108 valence electrons. The maximum absolute atomic E-state index is 12.1. The Morgan fingerprint density at radius 3 is 2.62 bits per heavy atom. The Morgan fingerprint density at radius 1 is 1.19 bits per heavy atom. The molecule has 0 bridgehead atoms. The van der Waals surface area contributed by atoms with E-state index >= 15 is 0 Å². The highest BCUT2D eigenvalue weighted by atomic mass is 35.5. The number of carbonyl (C=O) groups excluding carboxylic acids is 1. The van der Waals surface area contributed by atoms with Gasteiger partial charge in [-0.25, -0.2) is 0 Å². The minimum absolute atomic E-state index is 0.138. The lowest BCUT2D eigenvalue weighted by Crippen LogP contribution is -2.11. The molecule has 0 aromatic heterocycles. The molecule has 0 heterocycles. The average Bonchev–Trinajstić information content (AvgIpc) is 2.48. The van der Waals surface area contributed by atoms with E-state index < -0.39 is 0 Å². The molecule has 0 radical (unpaired) electrons. The summed E-state index contributed by atoms with van der Waals surface area (Å²) in [7, 11) is 0. The molecule has 1 N–H and O–H groups in total. The molecular formula is C18H18ClNO. The maximum atomic E-state index is 12.1.